The smallest absolute Gasteiger partial charge is 0.142 e. The van der Waals surface area contributed by atoms with Gasteiger partial charge in [-0.2, -0.15) is 12.6 Å². The molecule has 1 aromatic rings. The van der Waals surface area contributed by atoms with E-state index >= 15 is 0 Å². The lowest BCUT2D eigenvalue weighted by atomic mass is 10.1. The summed E-state index contributed by atoms with van der Waals surface area (Å²) in [7, 11) is 2.11. The third-order valence-electron chi connectivity index (χ3n) is 2.25. The molecule has 0 aromatic carbocycles. The van der Waals surface area contributed by atoms with Gasteiger partial charge in [0.2, 0.25) is 0 Å². The first-order valence-corrected chi connectivity index (χ1v) is 4.70. The highest BCUT2D eigenvalue weighted by Gasteiger charge is 2.20. The van der Waals surface area contributed by atoms with Crippen LogP contribution < -0.4 is 0 Å². The van der Waals surface area contributed by atoms with Crippen LogP contribution in [0.2, 0.25) is 0 Å². The highest BCUT2D eigenvalue weighted by molar-refractivity contribution is 7.79. The number of fused-ring (bicyclic) bond motifs is 1. The fraction of sp³-hybridized carbons (Fsp3) is 0.625. The number of rotatable bonds is 1. The first-order valence-electron chi connectivity index (χ1n) is 4.07. The Morgan fingerprint density at radius 2 is 2.50 bits per heavy atom. The molecule has 2 rings (SSSR count). The molecule has 0 radical (unpaired) electrons. The van der Waals surface area contributed by atoms with Gasteiger partial charge in [-0.25, -0.2) is 0 Å². The second kappa shape index (κ2) is 3.11. The van der Waals surface area contributed by atoms with Crippen molar-refractivity contribution in [2.24, 2.45) is 0 Å². The Hall–Kier alpha value is -0.480. The van der Waals surface area contributed by atoms with Crippen molar-refractivity contribution in [3.8, 4) is 0 Å². The average molecular weight is 184 g/mol. The van der Waals surface area contributed by atoms with Crippen LogP contribution in [-0.2, 0) is 18.7 Å². The molecule has 1 aliphatic heterocycles. The van der Waals surface area contributed by atoms with Crippen LogP contribution in [0.15, 0.2) is 4.52 Å². The van der Waals surface area contributed by atoms with Gasteiger partial charge in [0.05, 0.1) is 5.69 Å². The molecule has 0 saturated heterocycles. The Balaban J connectivity index is 2.34. The highest BCUT2D eigenvalue weighted by atomic mass is 32.1. The van der Waals surface area contributed by atoms with Gasteiger partial charge in [0, 0.05) is 30.8 Å². The van der Waals surface area contributed by atoms with Crippen molar-refractivity contribution < 1.29 is 4.52 Å². The standard InChI is InChI=1S/C8H12N2OS/c1-10-3-2-8-6(4-10)7(5-12)9-11-8/h12H,2-5H2,1H3. The lowest BCUT2D eigenvalue weighted by molar-refractivity contribution is 0.281. The summed E-state index contributed by atoms with van der Waals surface area (Å²) in [6.07, 6.45) is 0.979. The molecule has 0 saturated carbocycles. The molecule has 0 unspecified atom stereocenters. The summed E-state index contributed by atoms with van der Waals surface area (Å²) in [5, 5.41) is 3.97. The number of thiol groups is 1. The van der Waals surface area contributed by atoms with E-state index in [1.165, 1.54) is 5.56 Å². The fourth-order valence-corrected chi connectivity index (χ4v) is 1.77. The normalized spacial score (nSPS) is 17.8. The molecule has 0 aliphatic carbocycles. The fourth-order valence-electron chi connectivity index (χ4n) is 1.52. The Bertz CT molecular complexity index is 271. The molecular weight excluding hydrogens is 172 g/mol. The van der Waals surface area contributed by atoms with Crippen molar-refractivity contribution in [1.82, 2.24) is 10.1 Å². The van der Waals surface area contributed by atoms with Crippen LogP contribution in [0.5, 0.6) is 0 Å². The van der Waals surface area contributed by atoms with Gasteiger partial charge in [-0.05, 0) is 7.05 Å². The van der Waals surface area contributed by atoms with E-state index in [4.69, 9.17) is 4.52 Å². The third kappa shape index (κ3) is 1.25. The zero-order chi connectivity index (χ0) is 8.55. The van der Waals surface area contributed by atoms with Gasteiger partial charge in [0.25, 0.3) is 0 Å². The van der Waals surface area contributed by atoms with Crippen molar-refractivity contribution in [3.63, 3.8) is 0 Å². The van der Waals surface area contributed by atoms with Gasteiger partial charge < -0.3 is 9.42 Å². The van der Waals surface area contributed by atoms with E-state index in [0.717, 1.165) is 31.0 Å². The molecular formula is C8H12N2OS. The van der Waals surface area contributed by atoms with E-state index in [1.807, 2.05) is 0 Å². The van der Waals surface area contributed by atoms with Crippen molar-refractivity contribution in [3.05, 3.63) is 17.0 Å². The predicted molar refractivity (Wildman–Crippen MR) is 49.2 cm³/mol. The molecule has 12 heavy (non-hydrogen) atoms. The number of nitrogens with zero attached hydrogens (tertiary/aromatic N) is 2. The molecule has 0 atom stereocenters. The Kier molecular flexibility index (Phi) is 2.11. The molecule has 4 heteroatoms. The van der Waals surface area contributed by atoms with E-state index in [-0.39, 0.29) is 0 Å². The minimum absolute atomic E-state index is 0.673. The van der Waals surface area contributed by atoms with Gasteiger partial charge in [-0.15, -0.1) is 0 Å². The lowest BCUT2D eigenvalue weighted by Gasteiger charge is -2.20. The van der Waals surface area contributed by atoms with E-state index in [0.29, 0.717) is 5.75 Å². The summed E-state index contributed by atoms with van der Waals surface area (Å²) in [5.74, 6) is 1.73. The quantitative estimate of drug-likeness (QED) is 0.662. The van der Waals surface area contributed by atoms with Crippen LogP contribution in [0.4, 0.5) is 0 Å². The summed E-state index contributed by atoms with van der Waals surface area (Å²) < 4.78 is 5.20. The average Bonchev–Trinajstić information content (AvgIpc) is 2.46. The van der Waals surface area contributed by atoms with Gasteiger partial charge in [-0.3, -0.25) is 0 Å². The molecule has 1 aromatic heterocycles. The Morgan fingerprint density at radius 3 is 3.25 bits per heavy atom. The van der Waals surface area contributed by atoms with Crippen LogP contribution in [0.25, 0.3) is 0 Å². The van der Waals surface area contributed by atoms with Crippen LogP contribution in [0.1, 0.15) is 17.0 Å². The monoisotopic (exact) mass is 184 g/mol. The van der Waals surface area contributed by atoms with Gasteiger partial charge in [-0.1, -0.05) is 5.16 Å². The minimum Gasteiger partial charge on any atom is -0.361 e. The maximum Gasteiger partial charge on any atom is 0.142 e. The molecule has 0 fully saturated rings. The number of aromatic nitrogens is 1. The molecule has 2 heterocycles. The van der Waals surface area contributed by atoms with Crippen molar-refractivity contribution in [2.75, 3.05) is 13.6 Å². The molecule has 0 bridgehead atoms. The van der Waals surface area contributed by atoms with Crippen LogP contribution in [-0.4, -0.2) is 23.6 Å². The van der Waals surface area contributed by atoms with E-state index in [9.17, 15) is 0 Å². The molecule has 1 aliphatic rings. The lowest BCUT2D eigenvalue weighted by Crippen LogP contribution is -2.26. The van der Waals surface area contributed by atoms with E-state index in [2.05, 4.69) is 29.7 Å². The molecule has 0 N–H and O–H groups in total. The third-order valence-corrected chi connectivity index (χ3v) is 2.55. The van der Waals surface area contributed by atoms with Crippen molar-refractivity contribution in [1.29, 1.82) is 0 Å². The van der Waals surface area contributed by atoms with Gasteiger partial charge in [0.1, 0.15) is 5.76 Å². The van der Waals surface area contributed by atoms with Gasteiger partial charge >= 0.3 is 0 Å². The zero-order valence-electron chi connectivity index (χ0n) is 7.08. The highest BCUT2D eigenvalue weighted by Crippen LogP contribution is 2.22. The summed E-state index contributed by atoms with van der Waals surface area (Å²) in [5.41, 5.74) is 2.25. The number of hydrogen-bond donors (Lipinski definition) is 1. The second-order valence-corrected chi connectivity index (χ2v) is 3.49. The minimum atomic E-state index is 0.673. The predicted octanol–water partition coefficient (Wildman–Crippen LogP) is 1.09. The zero-order valence-corrected chi connectivity index (χ0v) is 7.97. The second-order valence-electron chi connectivity index (χ2n) is 3.18. The van der Waals surface area contributed by atoms with Crippen molar-refractivity contribution >= 4 is 12.6 Å². The first kappa shape index (κ1) is 8.13. The number of likely N-dealkylation sites (N-methyl/N-ethyl adjacent to an activating group) is 1. The summed E-state index contributed by atoms with van der Waals surface area (Å²) in [4.78, 5) is 2.27. The van der Waals surface area contributed by atoms with Crippen LogP contribution in [0.3, 0.4) is 0 Å². The summed E-state index contributed by atoms with van der Waals surface area (Å²) >= 11 is 4.20. The first-order chi connectivity index (χ1) is 5.81. The SMILES string of the molecule is CN1CCc2onc(CS)c2C1. The largest absolute Gasteiger partial charge is 0.361 e. The van der Waals surface area contributed by atoms with Crippen LogP contribution >= 0.6 is 12.6 Å². The maximum absolute atomic E-state index is 5.20. The number of hydrogen-bond acceptors (Lipinski definition) is 4. The molecule has 0 amide bonds. The van der Waals surface area contributed by atoms with E-state index in [1.54, 1.807) is 0 Å². The summed E-state index contributed by atoms with van der Waals surface area (Å²) in [6.45, 7) is 2.02. The molecule has 66 valence electrons. The Labute approximate surface area is 77.1 Å². The topological polar surface area (TPSA) is 29.3 Å². The van der Waals surface area contributed by atoms with Crippen LogP contribution in [0, 0.1) is 0 Å². The van der Waals surface area contributed by atoms with E-state index < -0.39 is 0 Å². The van der Waals surface area contributed by atoms with Gasteiger partial charge in [0.15, 0.2) is 0 Å². The summed E-state index contributed by atoms with van der Waals surface area (Å²) in [6, 6.07) is 0. The Morgan fingerprint density at radius 1 is 1.67 bits per heavy atom. The molecule has 0 spiro atoms. The molecule has 3 nitrogen and oxygen atoms in total. The van der Waals surface area contributed by atoms with Crippen molar-refractivity contribution in [2.45, 2.75) is 18.7 Å². The maximum atomic E-state index is 5.20.